The van der Waals surface area contributed by atoms with Gasteiger partial charge in [0.15, 0.2) is 0 Å². The van der Waals surface area contributed by atoms with E-state index in [1.807, 2.05) is 0 Å². The Morgan fingerprint density at radius 2 is 2.00 bits per heavy atom. The van der Waals surface area contributed by atoms with Gasteiger partial charge in [0.25, 0.3) is 0 Å². The summed E-state index contributed by atoms with van der Waals surface area (Å²) in [5, 5.41) is 0. The van der Waals surface area contributed by atoms with E-state index in [9.17, 15) is 14.4 Å². The summed E-state index contributed by atoms with van der Waals surface area (Å²) in [6, 6.07) is 0. The Morgan fingerprint density at radius 3 is 2.53 bits per heavy atom. The second kappa shape index (κ2) is 6.04. The lowest BCUT2D eigenvalue weighted by Gasteiger charge is -2.36. The van der Waals surface area contributed by atoms with Crippen LogP contribution in [0.1, 0.15) is 33.6 Å². The SMILES string of the molecule is CCOC(=O)CN(C)C(=O)C1(C)CCCN1C(C)=O. The molecule has 0 aromatic carbocycles. The molecule has 1 saturated heterocycles. The maximum Gasteiger partial charge on any atom is 0.325 e. The van der Waals surface area contributed by atoms with Crippen molar-refractivity contribution in [2.45, 2.75) is 39.2 Å². The van der Waals surface area contributed by atoms with Gasteiger partial charge in [0.2, 0.25) is 11.8 Å². The molecule has 0 spiro atoms. The number of nitrogens with zero attached hydrogens (tertiary/aromatic N) is 2. The van der Waals surface area contributed by atoms with E-state index in [1.54, 1.807) is 25.8 Å². The third kappa shape index (κ3) is 3.24. The quantitative estimate of drug-likeness (QED) is 0.694. The lowest BCUT2D eigenvalue weighted by molar-refractivity contribution is -0.154. The highest BCUT2D eigenvalue weighted by Crippen LogP contribution is 2.30. The minimum Gasteiger partial charge on any atom is -0.465 e. The Balaban J connectivity index is 2.75. The fourth-order valence-corrected chi connectivity index (χ4v) is 2.57. The van der Waals surface area contributed by atoms with E-state index < -0.39 is 11.5 Å². The Labute approximate surface area is 113 Å². The molecule has 2 amide bonds. The fourth-order valence-electron chi connectivity index (χ4n) is 2.57. The first-order valence-corrected chi connectivity index (χ1v) is 6.52. The molecule has 1 heterocycles. The van der Waals surface area contributed by atoms with Gasteiger partial charge in [-0.25, -0.2) is 0 Å². The molecule has 0 bridgehead atoms. The van der Waals surface area contributed by atoms with Crippen molar-refractivity contribution < 1.29 is 19.1 Å². The summed E-state index contributed by atoms with van der Waals surface area (Å²) in [5.74, 6) is -0.763. The first-order chi connectivity index (χ1) is 8.82. The predicted octanol–water partition coefficient (Wildman–Crippen LogP) is 0.409. The monoisotopic (exact) mass is 270 g/mol. The van der Waals surface area contributed by atoms with Crippen molar-refractivity contribution in [3.05, 3.63) is 0 Å². The lowest BCUT2D eigenvalue weighted by atomic mass is 9.97. The van der Waals surface area contributed by atoms with E-state index in [-0.39, 0.29) is 25.0 Å². The normalized spacial score (nSPS) is 22.2. The molecular weight excluding hydrogens is 248 g/mol. The number of carbonyl (C=O) groups is 3. The van der Waals surface area contributed by atoms with Crippen molar-refractivity contribution in [1.29, 1.82) is 0 Å². The molecule has 1 rings (SSSR count). The molecule has 0 saturated carbocycles. The number of esters is 1. The molecule has 1 fully saturated rings. The van der Waals surface area contributed by atoms with Gasteiger partial charge in [0.05, 0.1) is 6.61 Å². The molecule has 0 radical (unpaired) electrons. The smallest absolute Gasteiger partial charge is 0.325 e. The Hall–Kier alpha value is -1.59. The summed E-state index contributed by atoms with van der Waals surface area (Å²) in [6.07, 6.45) is 1.42. The van der Waals surface area contributed by atoms with Crippen molar-refractivity contribution in [2.75, 3.05) is 26.7 Å². The van der Waals surface area contributed by atoms with Gasteiger partial charge in [0, 0.05) is 20.5 Å². The highest BCUT2D eigenvalue weighted by molar-refractivity contribution is 5.92. The molecule has 1 atom stereocenters. The highest BCUT2D eigenvalue weighted by atomic mass is 16.5. The largest absolute Gasteiger partial charge is 0.465 e. The van der Waals surface area contributed by atoms with Gasteiger partial charge in [-0.1, -0.05) is 0 Å². The van der Waals surface area contributed by atoms with Crippen molar-refractivity contribution in [2.24, 2.45) is 0 Å². The number of rotatable bonds is 4. The second-order valence-electron chi connectivity index (χ2n) is 5.01. The average molecular weight is 270 g/mol. The van der Waals surface area contributed by atoms with Gasteiger partial charge in [0.1, 0.15) is 12.1 Å². The molecule has 0 aromatic rings. The summed E-state index contributed by atoms with van der Waals surface area (Å²) in [6.45, 7) is 5.72. The summed E-state index contributed by atoms with van der Waals surface area (Å²) >= 11 is 0. The number of hydrogen-bond acceptors (Lipinski definition) is 4. The minimum atomic E-state index is -0.840. The number of amides is 2. The van der Waals surface area contributed by atoms with Gasteiger partial charge in [-0.15, -0.1) is 0 Å². The van der Waals surface area contributed by atoms with Crippen LogP contribution in [-0.4, -0.2) is 59.9 Å². The van der Waals surface area contributed by atoms with Crippen LogP contribution in [0.25, 0.3) is 0 Å². The topological polar surface area (TPSA) is 66.9 Å². The summed E-state index contributed by atoms with van der Waals surface area (Å²) in [4.78, 5) is 38.3. The first kappa shape index (κ1) is 15.5. The van der Waals surface area contributed by atoms with Gasteiger partial charge < -0.3 is 14.5 Å². The van der Waals surface area contributed by atoms with E-state index in [0.717, 1.165) is 6.42 Å². The third-order valence-electron chi connectivity index (χ3n) is 3.50. The zero-order chi connectivity index (χ0) is 14.6. The van der Waals surface area contributed by atoms with Gasteiger partial charge in [-0.05, 0) is 26.7 Å². The van der Waals surface area contributed by atoms with E-state index in [1.165, 1.54) is 11.8 Å². The molecular formula is C13H22N2O4. The van der Waals surface area contributed by atoms with Crippen LogP contribution in [0, 0.1) is 0 Å². The predicted molar refractivity (Wildman–Crippen MR) is 69.3 cm³/mol. The van der Waals surface area contributed by atoms with Gasteiger partial charge in [-0.2, -0.15) is 0 Å². The molecule has 0 N–H and O–H groups in total. The Bertz CT molecular complexity index is 383. The van der Waals surface area contributed by atoms with Gasteiger partial charge >= 0.3 is 5.97 Å². The van der Waals surface area contributed by atoms with Crippen LogP contribution in [-0.2, 0) is 19.1 Å². The van der Waals surface area contributed by atoms with Crippen molar-refractivity contribution in [3.8, 4) is 0 Å². The number of ether oxygens (including phenoxy) is 1. The Kier molecular flexibility index (Phi) is 4.91. The maximum absolute atomic E-state index is 12.4. The van der Waals surface area contributed by atoms with Gasteiger partial charge in [-0.3, -0.25) is 14.4 Å². The van der Waals surface area contributed by atoms with Crippen molar-refractivity contribution in [1.82, 2.24) is 9.80 Å². The zero-order valence-corrected chi connectivity index (χ0v) is 12.1. The minimum absolute atomic E-state index is 0.0893. The molecule has 0 aromatic heterocycles. The first-order valence-electron chi connectivity index (χ1n) is 6.52. The molecule has 1 aliphatic heterocycles. The number of likely N-dealkylation sites (N-methyl/N-ethyl adjacent to an activating group) is 1. The van der Waals surface area contributed by atoms with Crippen molar-refractivity contribution in [3.63, 3.8) is 0 Å². The van der Waals surface area contributed by atoms with E-state index in [2.05, 4.69) is 0 Å². The van der Waals surface area contributed by atoms with E-state index in [4.69, 9.17) is 4.74 Å². The molecule has 6 nitrogen and oxygen atoms in total. The molecule has 1 aliphatic rings. The molecule has 19 heavy (non-hydrogen) atoms. The van der Waals surface area contributed by atoms with Crippen LogP contribution in [0.3, 0.4) is 0 Å². The molecule has 1 unspecified atom stereocenters. The van der Waals surface area contributed by atoms with Crippen molar-refractivity contribution >= 4 is 17.8 Å². The van der Waals surface area contributed by atoms with E-state index >= 15 is 0 Å². The second-order valence-corrected chi connectivity index (χ2v) is 5.01. The van der Waals surface area contributed by atoms with Crippen LogP contribution in [0.4, 0.5) is 0 Å². The number of carbonyl (C=O) groups excluding carboxylic acids is 3. The number of hydrogen-bond donors (Lipinski definition) is 0. The lowest BCUT2D eigenvalue weighted by Crippen LogP contribution is -2.56. The average Bonchev–Trinajstić information content (AvgIpc) is 2.71. The third-order valence-corrected chi connectivity index (χ3v) is 3.50. The Morgan fingerprint density at radius 1 is 1.37 bits per heavy atom. The molecule has 108 valence electrons. The fraction of sp³-hybridized carbons (Fsp3) is 0.769. The molecule has 0 aliphatic carbocycles. The maximum atomic E-state index is 12.4. The van der Waals surface area contributed by atoms with Crippen LogP contribution < -0.4 is 0 Å². The van der Waals surface area contributed by atoms with Crippen LogP contribution in [0.2, 0.25) is 0 Å². The number of likely N-dealkylation sites (tertiary alicyclic amines) is 1. The van der Waals surface area contributed by atoms with Crippen LogP contribution in [0.15, 0.2) is 0 Å². The zero-order valence-electron chi connectivity index (χ0n) is 12.1. The summed E-state index contributed by atoms with van der Waals surface area (Å²) < 4.78 is 4.82. The summed E-state index contributed by atoms with van der Waals surface area (Å²) in [7, 11) is 1.56. The standard InChI is InChI=1S/C13H22N2O4/c1-5-19-11(17)9-14(4)12(18)13(3)7-6-8-15(13)10(2)16/h5-9H2,1-4H3. The molecule has 6 heteroatoms. The van der Waals surface area contributed by atoms with Crippen LogP contribution in [0.5, 0.6) is 0 Å². The van der Waals surface area contributed by atoms with E-state index in [0.29, 0.717) is 13.0 Å². The van der Waals surface area contributed by atoms with Crippen LogP contribution >= 0.6 is 0 Å². The summed E-state index contributed by atoms with van der Waals surface area (Å²) in [5.41, 5.74) is -0.840. The highest BCUT2D eigenvalue weighted by Gasteiger charge is 2.46.